The lowest BCUT2D eigenvalue weighted by atomic mass is 10.0. The molecule has 1 atom stereocenters. The Hall–Kier alpha value is -1.22. The first-order valence-electron chi connectivity index (χ1n) is 10.8. The number of esters is 2. The van der Waals surface area contributed by atoms with Crippen molar-refractivity contribution >= 4 is 11.9 Å². The first kappa shape index (κ1) is 27.8. The minimum Gasteiger partial charge on any atom is -0.463 e. The maximum absolute atomic E-state index is 12.2. The fourth-order valence-corrected chi connectivity index (χ4v) is 2.38. The summed E-state index contributed by atoms with van der Waals surface area (Å²) in [7, 11) is 0. The van der Waals surface area contributed by atoms with E-state index in [1.54, 1.807) is 0 Å². The lowest BCUT2D eigenvalue weighted by molar-refractivity contribution is -0.157. The minimum atomic E-state index is -0.497. The van der Waals surface area contributed by atoms with Gasteiger partial charge in [-0.15, -0.1) is 0 Å². The molecule has 172 valence electrons. The monoisotopic (exact) mass is 420 g/mol. The number of carbonyl (C=O) groups excluding carboxylic acids is 2. The molecule has 0 heterocycles. The van der Waals surface area contributed by atoms with E-state index in [4.69, 9.17) is 28.4 Å². The molecular formula is C21H40O8. The van der Waals surface area contributed by atoms with Gasteiger partial charge in [0, 0.05) is 13.2 Å². The average Bonchev–Trinajstić information content (AvgIpc) is 2.71. The Bertz CT molecular complexity index is 389. The molecule has 0 aromatic heterocycles. The first-order valence-corrected chi connectivity index (χ1v) is 10.8. The number of hydrogen-bond donors (Lipinski definition) is 0. The second-order valence-electron chi connectivity index (χ2n) is 6.53. The molecule has 0 aromatic carbocycles. The Morgan fingerprint density at radius 2 is 1.03 bits per heavy atom. The SMILES string of the molecule is CCCOCCOCCOC(=O)CC(CCC)C(=O)OCCOCCOCCC. The van der Waals surface area contributed by atoms with Crippen LogP contribution in [0.25, 0.3) is 0 Å². The summed E-state index contributed by atoms with van der Waals surface area (Å²) >= 11 is 0. The summed E-state index contributed by atoms with van der Waals surface area (Å²) in [6, 6.07) is 0. The van der Waals surface area contributed by atoms with Crippen LogP contribution in [0.15, 0.2) is 0 Å². The molecular weight excluding hydrogens is 380 g/mol. The highest BCUT2D eigenvalue weighted by molar-refractivity contribution is 5.79. The predicted molar refractivity (Wildman–Crippen MR) is 109 cm³/mol. The Balaban J connectivity index is 3.83. The molecule has 1 unspecified atom stereocenters. The van der Waals surface area contributed by atoms with Gasteiger partial charge in [0.25, 0.3) is 0 Å². The van der Waals surface area contributed by atoms with Crippen molar-refractivity contribution in [2.75, 3.05) is 66.1 Å². The molecule has 0 fully saturated rings. The Morgan fingerprint density at radius 1 is 0.586 bits per heavy atom. The summed E-state index contributed by atoms with van der Waals surface area (Å²) in [6.45, 7) is 10.4. The summed E-state index contributed by atoms with van der Waals surface area (Å²) in [5, 5.41) is 0. The van der Waals surface area contributed by atoms with Crippen molar-refractivity contribution in [3.8, 4) is 0 Å². The molecule has 0 amide bonds. The molecule has 0 aromatic rings. The third-order valence-electron chi connectivity index (χ3n) is 3.79. The average molecular weight is 421 g/mol. The van der Waals surface area contributed by atoms with Crippen LogP contribution in [0.4, 0.5) is 0 Å². The van der Waals surface area contributed by atoms with E-state index in [2.05, 4.69) is 0 Å². The highest BCUT2D eigenvalue weighted by Gasteiger charge is 2.23. The van der Waals surface area contributed by atoms with Crippen LogP contribution in [0.1, 0.15) is 52.9 Å². The zero-order valence-corrected chi connectivity index (χ0v) is 18.4. The van der Waals surface area contributed by atoms with Gasteiger partial charge in [-0.25, -0.2) is 0 Å². The largest absolute Gasteiger partial charge is 0.463 e. The zero-order valence-electron chi connectivity index (χ0n) is 18.4. The zero-order chi connectivity index (χ0) is 21.6. The fraction of sp³-hybridized carbons (Fsp3) is 0.905. The van der Waals surface area contributed by atoms with Crippen LogP contribution in [0.3, 0.4) is 0 Å². The van der Waals surface area contributed by atoms with Crippen LogP contribution in [0, 0.1) is 5.92 Å². The van der Waals surface area contributed by atoms with Crippen LogP contribution in [0.5, 0.6) is 0 Å². The molecule has 0 aliphatic rings. The molecule has 0 radical (unpaired) electrons. The molecule has 0 aliphatic heterocycles. The highest BCUT2D eigenvalue weighted by Crippen LogP contribution is 2.14. The predicted octanol–water partition coefficient (Wildman–Crippen LogP) is 2.77. The maximum Gasteiger partial charge on any atom is 0.309 e. The van der Waals surface area contributed by atoms with E-state index in [0.717, 1.165) is 19.3 Å². The second-order valence-corrected chi connectivity index (χ2v) is 6.53. The van der Waals surface area contributed by atoms with E-state index in [0.29, 0.717) is 59.3 Å². The van der Waals surface area contributed by atoms with Crippen molar-refractivity contribution in [3.05, 3.63) is 0 Å². The fourth-order valence-electron chi connectivity index (χ4n) is 2.38. The number of carbonyl (C=O) groups is 2. The summed E-state index contributed by atoms with van der Waals surface area (Å²) in [5.74, 6) is -1.31. The van der Waals surface area contributed by atoms with E-state index < -0.39 is 11.9 Å². The standard InChI is InChI=1S/C21H40O8/c1-4-7-19(21(23)29-17-15-27-13-11-25-9-6-3)18-20(22)28-16-14-26-12-10-24-8-5-2/h19H,4-18H2,1-3H3. The van der Waals surface area contributed by atoms with E-state index in [1.165, 1.54) is 0 Å². The van der Waals surface area contributed by atoms with Gasteiger partial charge in [-0.05, 0) is 19.3 Å². The molecule has 8 nitrogen and oxygen atoms in total. The number of ether oxygens (including phenoxy) is 6. The molecule has 29 heavy (non-hydrogen) atoms. The third kappa shape index (κ3) is 18.5. The van der Waals surface area contributed by atoms with E-state index in [-0.39, 0.29) is 25.6 Å². The Morgan fingerprint density at radius 3 is 1.52 bits per heavy atom. The highest BCUT2D eigenvalue weighted by atomic mass is 16.6. The molecule has 0 saturated carbocycles. The van der Waals surface area contributed by atoms with Crippen molar-refractivity contribution in [2.24, 2.45) is 5.92 Å². The number of rotatable bonds is 21. The molecule has 0 spiro atoms. The van der Waals surface area contributed by atoms with Crippen molar-refractivity contribution < 1.29 is 38.0 Å². The molecule has 0 aliphatic carbocycles. The summed E-state index contributed by atoms with van der Waals surface area (Å²) in [5.41, 5.74) is 0. The summed E-state index contributed by atoms with van der Waals surface area (Å²) < 4.78 is 31.6. The van der Waals surface area contributed by atoms with Crippen molar-refractivity contribution in [1.82, 2.24) is 0 Å². The van der Waals surface area contributed by atoms with E-state index in [1.807, 2.05) is 20.8 Å². The summed E-state index contributed by atoms with van der Waals surface area (Å²) in [4.78, 5) is 24.2. The van der Waals surface area contributed by atoms with Crippen molar-refractivity contribution in [1.29, 1.82) is 0 Å². The Kier molecular flexibility index (Phi) is 20.6. The van der Waals surface area contributed by atoms with Gasteiger partial charge >= 0.3 is 11.9 Å². The smallest absolute Gasteiger partial charge is 0.309 e. The van der Waals surface area contributed by atoms with Crippen LogP contribution in [-0.4, -0.2) is 78.0 Å². The van der Waals surface area contributed by atoms with Crippen molar-refractivity contribution in [3.63, 3.8) is 0 Å². The Labute approximate surface area is 175 Å². The number of hydrogen-bond acceptors (Lipinski definition) is 8. The normalized spacial score (nSPS) is 12.0. The quantitative estimate of drug-likeness (QED) is 0.207. The van der Waals surface area contributed by atoms with E-state index in [9.17, 15) is 9.59 Å². The molecule has 0 N–H and O–H groups in total. The summed E-state index contributed by atoms with van der Waals surface area (Å²) in [6.07, 6.45) is 3.31. The van der Waals surface area contributed by atoms with Gasteiger partial charge in [-0.1, -0.05) is 27.2 Å². The van der Waals surface area contributed by atoms with Crippen LogP contribution in [0.2, 0.25) is 0 Å². The third-order valence-corrected chi connectivity index (χ3v) is 3.79. The second kappa shape index (κ2) is 21.5. The van der Waals surface area contributed by atoms with Gasteiger partial charge in [0.05, 0.1) is 52.0 Å². The van der Waals surface area contributed by atoms with Crippen LogP contribution < -0.4 is 0 Å². The van der Waals surface area contributed by atoms with Gasteiger partial charge in [-0.2, -0.15) is 0 Å². The maximum atomic E-state index is 12.2. The van der Waals surface area contributed by atoms with Gasteiger partial charge < -0.3 is 28.4 Å². The molecule has 8 heteroatoms. The van der Waals surface area contributed by atoms with Gasteiger partial charge in [0.1, 0.15) is 13.2 Å². The molecule has 0 saturated heterocycles. The van der Waals surface area contributed by atoms with Crippen LogP contribution in [-0.2, 0) is 38.0 Å². The molecule has 0 rings (SSSR count). The van der Waals surface area contributed by atoms with Gasteiger partial charge in [0.15, 0.2) is 0 Å². The van der Waals surface area contributed by atoms with Crippen LogP contribution >= 0.6 is 0 Å². The first-order chi connectivity index (χ1) is 14.2. The van der Waals surface area contributed by atoms with E-state index >= 15 is 0 Å². The van der Waals surface area contributed by atoms with Gasteiger partial charge in [0.2, 0.25) is 0 Å². The lowest BCUT2D eigenvalue weighted by Crippen LogP contribution is -2.24. The lowest BCUT2D eigenvalue weighted by Gasteiger charge is -2.15. The van der Waals surface area contributed by atoms with Gasteiger partial charge in [-0.3, -0.25) is 9.59 Å². The van der Waals surface area contributed by atoms with Crippen molar-refractivity contribution in [2.45, 2.75) is 52.9 Å². The minimum absolute atomic E-state index is 0.0119. The topological polar surface area (TPSA) is 89.5 Å². The molecule has 0 bridgehead atoms.